The summed E-state index contributed by atoms with van der Waals surface area (Å²) in [5.74, 6) is 1.00. The maximum Gasteiger partial charge on any atom is 0.135 e. The van der Waals surface area contributed by atoms with Crippen molar-refractivity contribution in [1.29, 1.82) is 0 Å². The summed E-state index contributed by atoms with van der Waals surface area (Å²) >= 11 is 0. The van der Waals surface area contributed by atoms with Gasteiger partial charge in [-0.3, -0.25) is 0 Å². The number of nitrogens with zero attached hydrogens (tertiary/aromatic N) is 1. The number of aromatic nitrogens is 2. The highest BCUT2D eigenvalue weighted by atomic mass is 16.5. The second-order valence-corrected chi connectivity index (χ2v) is 4.45. The Kier molecular flexibility index (Phi) is 2.46. The molecule has 1 saturated heterocycles. The molecule has 1 aliphatic heterocycles. The van der Waals surface area contributed by atoms with Crippen molar-refractivity contribution in [3.8, 4) is 0 Å². The molecule has 1 atom stereocenters. The van der Waals surface area contributed by atoms with Gasteiger partial charge in [-0.1, -0.05) is 0 Å². The van der Waals surface area contributed by atoms with Crippen molar-refractivity contribution in [2.45, 2.75) is 44.4 Å². The van der Waals surface area contributed by atoms with Gasteiger partial charge < -0.3 is 15.0 Å². The molecule has 2 N–H and O–H groups in total. The molecule has 2 fully saturated rings. The van der Waals surface area contributed by atoms with Crippen LogP contribution in [0.15, 0.2) is 6.20 Å². The third-order valence-corrected chi connectivity index (χ3v) is 3.04. The highest BCUT2D eigenvalue weighted by molar-refractivity contribution is 5.04. The molecular weight excluding hydrogens is 190 g/mol. The van der Waals surface area contributed by atoms with E-state index in [4.69, 9.17) is 4.74 Å². The minimum absolute atomic E-state index is 0.208. The first-order chi connectivity index (χ1) is 7.42. The number of rotatable bonds is 4. The molecule has 0 radical (unpaired) electrons. The molecule has 1 aromatic rings. The summed E-state index contributed by atoms with van der Waals surface area (Å²) in [6, 6.07) is 0.750. The summed E-state index contributed by atoms with van der Waals surface area (Å²) in [6.07, 6.45) is 7.04. The second-order valence-electron chi connectivity index (χ2n) is 4.45. The molecule has 2 aliphatic rings. The second kappa shape index (κ2) is 3.94. The van der Waals surface area contributed by atoms with Crippen LogP contribution in [0.3, 0.4) is 0 Å². The van der Waals surface area contributed by atoms with Crippen LogP contribution in [0.1, 0.15) is 43.3 Å². The van der Waals surface area contributed by atoms with E-state index in [2.05, 4.69) is 15.3 Å². The van der Waals surface area contributed by atoms with Gasteiger partial charge >= 0.3 is 0 Å². The quantitative estimate of drug-likeness (QED) is 0.787. The van der Waals surface area contributed by atoms with Crippen LogP contribution >= 0.6 is 0 Å². The van der Waals surface area contributed by atoms with E-state index in [1.54, 1.807) is 0 Å². The molecule has 0 aromatic carbocycles. The smallest absolute Gasteiger partial charge is 0.135 e. The van der Waals surface area contributed by atoms with Crippen LogP contribution in [0.4, 0.5) is 0 Å². The third kappa shape index (κ3) is 2.21. The topological polar surface area (TPSA) is 49.9 Å². The van der Waals surface area contributed by atoms with Crippen LogP contribution in [0.25, 0.3) is 0 Å². The molecular formula is C11H17N3O. The molecule has 1 aliphatic carbocycles. The summed E-state index contributed by atoms with van der Waals surface area (Å²) in [5.41, 5.74) is 1.17. The lowest BCUT2D eigenvalue weighted by molar-refractivity contribution is 0.105. The van der Waals surface area contributed by atoms with E-state index in [0.717, 1.165) is 37.9 Å². The van der Waals surface area contributed by atoms with E-state index in [-0.39, 0.29) is 6.10 Å². The van der Waals surface area contributed by atoms with Crippen molar-refractivity contribution >= 4 is 0 Å². The Balaban J connectivity index is 1.59. The zero-order chi connectivity index (χ0) is 10.1. The van der Waals surface area contributed by atoms with E-state index in [9.17, 15) is 0 Å². The molecule has 0 amide bonds. The zero-order valence-electron chi connectivity index (χ0n) is 8.83. The van der Waals surface area contributed by atoms with Gasteiger partial charge in [-0.25, -0.2) is 4.98 Å². The van der Waals surface area contributed by atoms with Gasteiger partial charge in [0, 0.05) is 31.1 Å². The van der Waals surface area contributed by atoms with Gasteiger partial charge in [0.2, 0.25) is 0 Å². The molecule has 15 heavy (non-hydrogen) atoms. The number of aromatic amines is 1. The highest BCUT2D eigenvalue weighted by Gasteiger charge is 2.22. The molecule has 4 heteroatoms. The van der Waals surface area contributed by atoms with Crippen molar-refractivity contribution in [3.63, 3.8) is 0 Å². The number of H-pyrrole nitrogens is 1. The van der Waals surface area contributed by atoms with Crippen LogP contribution in [0.5, 0.6) is 0 Å². The Bertz CT molecular complexity index is 326. The minimum Gasteiger partial charge on any atom is -0.370 e. The Morgan fingerprint density at radius 1 is 1.47 bits per heavy atom. The van der Waals surface area contributed by atoms with Crippen LogP contribution in [0, 0.1) is 0 Å². The predicted molar refractivity (Wildman–Crippen MR) is 56.4 cm³/mol. The molecule has 1 unspecified atom stereocenters. The van der Waals surface area contributed by atoms with Crippen LogP contribution in [-0.4, -0.2) is 22.6 Å². The Morgan fingerprint density at radius 3 is 3.13 bits per heavy atom. The van der Waals surface area contributed by atoms with Gasteiger partial charge in [-0.05, 0) is 25.7 Å². The number of imidazole rings is 1. The summed E-state index contributed by atoms with van der Waals surface area (Å²) in [4.78, 5) is 7.72. The lowest BCUT2D eigenvalue weighted by atomic mass is 10.2. The van der Waals surface area contributed by atoms with Crippen LogP contribution in [0.2, 0.25) is 0 Å². The fourth-order valence-corrected chi connectivity index (χ4v) is 1.97. The van der Waals surface area contributed by atoms with Crippen molar-refractivity contribution in [1.82, 2.24) is 15.3 Å². The largest absolute Gasteiger partial charge is 0.370 e. The minimum atomic E-state index is 0.208. The summed E-state index contributed by atoms with van der Waals surface area (Å²) in [7, 11) is 0. The maximum absolute atomic E-state index is 5.58. The fourth-order valence-electron chi connectivity index (χ4n) is 1.97. The predicted octanol–water partition coefficient (Wildman–Crippen LogP) is 1.51. The Hall–Kier alpha value is -0.870. The first kappa shape index (κ1) is 9.36. The van der Waals surface area contributed by atoms with E-state index in [1.165, 1.54) is 18.5 Å². The van der Waals surface area contributed by atoms with Gasteiger partial charge in [0.25, 0.3) is 0 Å². The average molecular weight is 207 g/mol. The van der Waals surface area contributed by atoms with Gasteiger partial charge in [-0.2, -0.15) is 0 Å². The summed E-state index contributed by atoms with van der Waals surface area (Å²) < 4.78 is 5.58. The van der Waals surface area contributed by atoms with Gasteiger partial charge in [0.05, 0.1) is 0 Å². The monoisotopic (exact) mass is 207 g/mol. The van der Waals surface area contributed by atoms with E-state index in [0.29, 0.717) is 0 Å². The Labute approximate surface area is 89.4 Å². The SMILES string of the molecule is c1nc(C2CCCO2)[nH]c1CNC1CC1. The molecule has 0 bridgehead atoms. The molecule has 1 aromatic heterocycles. The average Bonchev–Trinajstić information content (AvgIpc) is 2.78. The van der Waals surface area contributed by atoms with Crippen molar-refractivity contribution in [2.75, 3.05) is 6.61 Å². The van der Waals surface area contributed by atoms with E-state index < -0.39 is 0 Å². The first-order valence-electron chi connectivity index (χ1n) is 5.80. The fraction of sp³-hybridized carbons (Fsp3) is 0.727. The molecule has 82 valence electrons. The number of hydrogen-bond acceptors (Lipinski definition) is 3. The lowest BCUT2D eigenvalue weighted by Crippen LogP contribution is -2.15. The van der Waals surface area contributed by atoms with Gasteiger partial charge in [0.15, 0.2) is 0 Å². The van der Waals surface area contributed by atoms with Gasteiger partial charge in [-0.15, -0.1) is 0 Å². The van der Waals surface area contributed by atoms with Crippen molar-refractivity contribution in [2.24, 2.45) is 0 Å². The van der Waals surface area contributed by atoms with E-state index in [1.807, 2.05) is 6.20 Å². The molecule has 2 heterocycles. The lowest BCUT2D eigenvalue weighted by Gasteiger charge is -2.04. The van der Waals surface area contributed by atoms with Gasteiger partial charge in [0.1, 0.15) is 11.9 Å². The zero-order valence-corrected chi connectivity index (χ0v) is 8.83. The standard InChI is InChI=1S/C11H17N3O/c1-2-10(15-5-1)11-13-7-9(14-11)6-12-8-3-4-8/h7-8,10,12H,1-6H2,(H,13,14). The number of nitrogens with one attached hydrogen (secondary N) is 2. The third-order valence-electron chi connectivity index (χ3n) is 3.04. The van der Waals surface area contributed by atoms with Crippen molar-refractivity contribution in [3.05, 3.63) is 17.7 Å². The number of ether oxygens (including phenoxy) is 1. The van der Waals surface area contributed by atoms with Crippen LogP contribution in [-0.2, 0) is 11.3 Å². The molecule has 0 spiro atoms. The molecule has 1 saturated carbocycles. The number of hydrogen-bond donors (Lipinski definition) is 2. The van der Waals surface area contributed by atoms with E-state index >= 15 is 0 Å². The normalized spacial score (nSPS) is 26.0. The summed E-state index contributed by atoms with van der Waals surface area (Å²) in [5, 5.41) is 3.46. The molecule has 3 rings (SSSR count). The summed E-state index contributed by atoms with van der Waals surface area (Å²) in [6.45, 7) is 1.78. The first-order valence-corrected chi connectivity index (χ1v) is 5.80. The maximum atomic E-state index is 5.58. The highest BCUT2D eigenvalue weighted by Crippen LogP contribution is 2.26. The van der Waals surface area contributed by atoms with Crippen LogP contribution < -0.4 is 5.32 Å². The molecule has 4 nitrogen and oxygen atoms in total. The Morgan fingerprint density at radius 2 is 2.40 bits per heavy atom. The van der Waals surface area contributed by atoms with Crippen molar-refractivity contribution < 1.29 is 4.74 Å².